The second-order valence-corrected chi connectivity index (χ2v) is 5.64. The van der Waals surface area contributed by atoms with Crippen molar-refractivity contribution >= 4 is 17.9 Å². The van der Waals surface area contributed by atoms with E-state index in [0.717, 1.165) is 13.0 Å². The molecule has 2 N–H and O–H groups in total. The number of nitrogens with one attached hydrogen (secondary N) is 2. The normalized spacial score (nSPS) is 17.3. The van der Waals surface area contributed by atoms with E-state index in [0.29, 0.717) is 12.5 Å². The van der Waals surface area contributed by atoms with Gasteiger partial charge in [-0.1, -0.05) is 54.6 Å². The molecule has 1 unspecified atom stereocenters. The number of hydrogen-bond donors (Lipinski definition) is 2. The number of rotatable bonds is 3. The molecule has 0 aliphatic carbocycles. The van der Waals surface area contributed by atoms with E-state index in [4.69, 9.17) is 0 Å². The molecule has 1 atom stereocenters. The van der Waals surface area contributed by atoms with Gasteiger partial charge in [-0.05, 0) is 30.5 Å². The molecule has 0 radical (unpaired) electrons. The fourth-order valence-electron chi connectivity index (χ4n) is 1.86. The molecule has 4 heteroatoms. The number of benzene rings is 2. The molecule has 21 heavy (non-hydrogen) atoms. The van der Waals surface area contributed by atoms with Crippen molar-refractivity contribution in [1.82, 2.24) is 10.0 Å². The molecule has 0 aromatic heterocycles. The molecule has 2 aromatic carbocycles. The van der Waals surface area contributed by atoms with Crippen LogP contribution in [0.25, 0.3) is 0 Å². The Labute approximate surface area is 130 Å². The van der Waals surface area contributed by atoms with E-state index in [9.17, 15) is 4.79 Å². The highest BCUT2D eigenvalue weighted by atomic mass is 32.2. The second-order valence-electron chi connectivity index (χ2n) is 4.73. The average Bonchev–Trinajstić information content (AvgIpc) is 2.57. The van der Waals surface area contributed by atoms with Crippen LogP contribution in [0.2, 0.25) is 0 Å². The molecule has 1 aliphatic rings. The predicted octanol–water partition coefficient (Wildman–Crippen LogP) is 3.25. The van der Waals surface area contributed by atoms with Gasteiger partial charge >= 0.3 is 0 Å². The van der Waals surface area contributed by atoms with Crippen LogP contribution in [0, 0.1) is 0 Å². The third kappa shape index (κ3) is 6.47. The fourth-order valence-corrected chi connectivity index (χ4v) is 2.66. The molecule has 0 spiro atoms. The quantitative estimate of drug-likeness (QED) is 0.855. The number of piperidine rings is 1. The van der Waals surface area contributed by atoms with Crippen LogP contribution in [0.1, 0.15) is 12.8 Å². The van der Waals surface area contributed by atoms with Crippen molar-refractivity contribution < 1.29 is 4.79 Å². The van der Waals surface area contributed by atoms with Crippen molar-refractivity contribution in [1.29, 1.82) is 0 Å². The lowest BCUT2D eigenvalue weighted by atomic mass is 10.1. The lowest BCUT2D eigenvalue weighted by molar-refractivity contribution is -0.122. The van der Waals surface area contributed by atoms with Gasteiger partial charge in [0.15, 0.2) is 0 Å². The van der Waals surface area contributed by atoms with Gasteiger partial charge in [-0.15, -0.1) is 0 Å². The summed E-state index contributed by atoms with van der Waals surface area (Å²) in [5.74, 6) is 0.165. The highest BCUT2D eigenvalue weighted by Gasteiger charge is 2.17. The molecule has 2 aromatic rings. The first-order valence-electron chi connectivity index (χ1n) is 7.09. The van der Waals surface area contributed by atoms with E-state index in [-0.39, 0.29) is 5.91 Å². The standard InChI is InChI=1S/C11H14N2OS.C6H6/c14-11-7-6-9(8-12-11)13-15-10-4-2-1-3-5-10;1-2-4-6-5-3-1/h1-5,9,13H,6-8H2,(H,12,14);1-6H. The summed E-state index contributed by atoms with van der Waals surface area (Å²) in [4.78, 5) is 12.1. The Morgan fingerprint density at radius 1 is 0.952 bits per heavy atom. The first-order chi connectivity index (χ1) is 10.3. The fraction of sp³-hybridized carbons (Fsp3) is 0.235. The number of carbonyl (C=O) groups excluding carboxylic acids is 1. The van der Waals surface area contributed by atoms with Crippen molar-refractivity contribution in [3.63, 3.8) is 0 Å². The van der Waals surface area contributed by atoms with Crippen LogP contribution in [0.5, 0.6) is 0 Å². The molecule has 110 valence electrons. The monoisotopic (exact) mass is 300 g/mol. The minimum absolute atomic E-state index is 0.165. The average molecular weight is 300 g/mol. The Hall–Kier alpha value is -1.78. The molecule has 1 heterocycles. The smallest absolute Gasteiger partial charge is 0.220 e. The van der Waals surface area contributed by atoms with Gasteiger partial charge < -0.3 is 5.32 Å². The first kappa shape index (κ1) is 15.6. The zero-order valence-corrected chi connectivity index (χ0v) is 12.7. The topological polar surface area (TPSA) is 41.1 Å². The highest BCUT2D eigenvalue weighted by Crippen LogP contribution is 2.15. The van der Waals surface area contributed by atoms with Gasteiger partial charge in [-0.3, -0.25) is 9.52 Å². The largest absolute Gasteiger partial charge is 0.355 e. The Morgan fingerprint density at radius 3 is 2.05 bits per heavy atom. The zero-order chi connectivity index (χ0) is 14.8. The molecule has 1 aliphatic heterocycles. The zero-order valence-electron chi connectivity index (χ0n) is 11.9. The van der Waals surface area contributed by atoms with E-state index in [2.05, 4.69) is 22.2 Å². The summed E-state index contributed by atoms with van der Waals surface area (Å²) in [6.45, 7) is 0.735. The van der Waals surface area contributed by atoms with Crippen molar-refractivity contribution in [3.8, 4) is 0 Å². The molecule has 3 rings (SSSR count). The third-order valence-corrected chi connectivity index (χ3v) is 3.98. The van der Waals surface area contributed by atoms with Crippen molar-refractivity contribution in [3.05, 3.63) is 66.7 Å². The van der Waals surface area contributed by atoms with Gasteiger partial charge in [0, 0.05) is 23.9 Å². The summed E-state index contributed by atoms with van der Waals surface area (Å²) in [6, 6.07) is 22.6. The van der Waals surface area contributed by atoms with Crippen molar-refractivity contribution in [2.75, 3.05) is 6.54 Å². The van der Waals surface area contributed by atoms with E-state index in [1.165, 1.54) is 4.90 Å². The summed E-state index contributed by atoms with van der Waals surface area (Å²) in [6.07, 6.45) is 1.55. The summed E-state index contributed by atoms with van der Waals surface area (Å²) < 4.78 is 3.36. The van der Waals surface area contributed by atoms with Crippen LogP contribution in [-0.2, 0) is 4.79 Å². The number of hydrogen-bond acceptors (Lipinski definition) is 3. The van der Waals surface area contributed by atoms with E-state index >= 15 is 0 Å². The minimum atomic E-state index is 0.165. The van der Waals surface area contributed by atoms with Gasteiger partial charge in [-0.25, -0.2) is 0 Å². The maximum absolute atomic E-state index is 10.9. The Bertz CT molecular complexity index is 482. The van der Waals surface area contributed by atoms with Gasteiger partial charge in [0.2, 0.25) is 5.91 Å². The minimum Gasteiger partial charge on any atom is -0.355 e. The number of amides is 1. The lowest BCUT2D eigenvalue weighted by Gasteiger charge is -2.22. The van der Waals surface area contributed by atoms with Crippen LogP contribution in [0.4, 0.5) is 0 Å². The van der Waals surface area contributed by atoms with Gasteiger partial charge in [0.25, 0.3) is 0 Å². The van der Waals surface area contributed by atoms with E-state index in [1.54, 1.807) is 11.9 Å². The molecule has 0 bridgehead atoms. The van der Waals surface area contributed by atoms with Crippen LogP contribution in [-0.4, -0.2) is 18.5 Å². The van der Waals surface area contributed by atoms with E-state index in [1.807, 2.05) is 54.6 Å². The summed E-state index contributed by atoms with van der Waals surface area (Å²) >= 11 is 1.63. The molecule has 0 saturated carbocycles. The SMILES string of the molecule is O=C1CCC(NSc2ccccc2)CN1.c1ccccc1. The summed E-state index contributed by atoms with van der Waals surface area (Å²) in [5, 5.41) is 2.85. The molecule has 1 saturated heterocycles. The van der Waals surface area contributed by atoms with Gasteiger partial charge in [0.1, 0.15) is 0 Å². The Kier molecular flexibility index (Phi) is 6.84. The number of carbonyl (C=O) groups is 1. The molecular weight excluding hydrogens is 280 g/mol. The maximum Gasteiger partial charge on any atom is 0.220 e. The van der Waals surface area contributed by atoms with E-state index < -0.39 is 0 Å². The van der Waals surface area contributed by atoms with Gasteiger partial charge in [0.05, 0.1) is 0 Å². The summed E-state index contributed by atoms with van der Waals surface area (Å²) in [7, 11) is 0. The molecule has 1 amide bonds. The van der Waals surface area contributed by atoms with Crippen molar-refractivity contribution in [2.45, 2.75) is 23.8 Å². The molecule has 3 nitrogen and oxygen atoms in total. The predicted molar refractivity (Wildman–Crippen MR) is 87.9 cm³/mol. The maximum atomic E-state index is 10.9. The molecular formula is C17H20N2OS. The first-order valence-corrected chi connectivity index (χ1v) is 7.90. The van der Waals surface area contributed by atoms with Crippen LogP contribution >= 0.6 is 11.9 Å². The lowest BCUT2D eigenvalue weighted by Crippen LogP contribution is -2.43. The Balaban J connectivity index is 0.000000225. The van der Waals surface area contributed by atoms with Crippen LogP contribution < -0.4 is 10.0 Å². The summed E-state index contributed by atoms with van der Waals surface area (Å²) in [5.41, 5.74) is 0. The van der Waals surface area contributed by atoms with Crippen LogP contribution in [0.3, 0.4) is 0 Å². The van der Waals surface area contributed by atoms with Crippen molar-refractivity contribution in [2.24, 2.45) is 0 Å². The van der Waals surface area contributed by atoms with Crippen LogP contribution in [0.15, 0.2) is 71.6 Å². The Morgan fingerprint density at radius 2 is 1.52 bits per heavy atom. The third-order valence-electron chi connectivity index (χ3n) is 3.02. The molecule has 1 fully saturated rings. The second kappa shape index (κ2) is 9.21. The highest BCUT2D eigenvalue weighted by molar-refractivity contribution is 7.97. The van der Waals surface area contributed by atoms with Gasteiger partial charge in [-0.2, -0.15) is 0 Å².